The Morgan fingerprint density at radius 2 is 0.891 bits per heavy atom. The quantitative estimate of drug-likeness (QED) is 0.146. The van der Waals surface area contributed by atoms with Crippen molar-refractivity contribution in [3.63, 3.8) is 0 Å². The van der Waals surface area contributed by atoms with Gasteiger partial charge in [-0.05, 0) is 72.5 Å². The lowest BCUT2D eigenvalue weighted by molar-refractivity contribution is 0.248. The fourth-order valence-electron chi connectivity index (χ4n) is 6.01. The van der Waals surface area contributed by atoms with Gasteiger partial charge in [-0.3, -0.25) is 0 Å². The van der Waals surface area contributed by atoms with Gasteiger partial charge in [-0.15, -0.1) is 0 Å². The predicted molar refractivity (Wildman–Crippen MR) is 190 cm³/mol. The lowest BCUT2D eigenvalue weighted by atomic mass is 9.90. The second-order valence-electron chi connectivity index (χ2n) is 11.9. The number of rotatable bonds is 7. The van der Waals surface area contributed by atoms with E-state index in [2.05, 4.69) is 71.5 Å². The van der Waals surface area contributed by atoms with Gasteiger partial charge in [0.2, 0.25) is 0 Å². The lowest BCUT2D eigenvalue weighted by Gasteiger charge is -2.22. The molecule has 46 heavy (non-hydrogen) atoms. The SMILES string of the molecule is Cc1ccc2c(-c3c(NC(=O)N[C@H](C)c4ccccc4)ccc4cc(C)ccc34)c(NC(=O)N[C@H](C)c3ccccc3)ccc2c1. The van der Waals surface area contributed by atoms with E-state index in [-0.39, 0.29) is 24.1 Å². The lowest BCUT2D eigenvalue weighted by Crippen LogP contribution is -2.31. The molecule has 0 saturated heterocycles. The van der Waals surface area contributed by atoms with Gasteiger partial charge in [-0.25, -0.2) is 9.59 Å². The molecule has 0 fully saturated rings. The summed E-state index contributed by atoms with van der Waals surface area (Å²) in [6, 6.07) is 39.2. The molecule has 230 valence electrons. The van der Waals surface area contributed by atoms with E-state index >= 15 is 0 Å². The summed E-state index contributed by atoms with van der Waals surface area (Å²) in [5, 5.41) is 16.5. The van der Waals surface area contributed by atoms with Crippen LogP contribution in [0.2, 0.25) is 0 Å². The number of fused-ring (bicyclic) bond motifs is 2. The van der Waals surface area contributed by atoms with Crippen molar-refractivity contribution in [3.05, 3.63) is 144 Å². The summed E-state index contributed by atoms with van der Waals surface area (Å²) in [6.45, 7) is 8.05. The number of benzene rings is 6. The summed E-state index contributed by atoms with van der Waals surface area (Å²) in [7, 11) is 0. The first kappa shape index (κ1) is 30.4. The molecule has 4 amide bonds. The zero-order valence-electron chi connectivity index (χ0n) is 26.5. The number of nitrogens with one attached hydrogen (secondary N) is 4. The second kappa shape index (κ2) is 13.2. The van der Waals surface area contributed by atoms with Gasteiger partial charge in [0, 0.05) is 11.1 Å². The zero-order valence-corrected chi connectivity index (χ0v) is 26.5. The van der Waals surface area contributed by atoms with Crippen LogP contribution in [0.1, 0.15) is 48.2 Å². The zero-order chi connectivity index (χ0) is 32.2. The molecule has 0 bridgehead atoms. The first-order valence-electron chi connectivity index (χ1n) is 15.6. The molecule has 0 heterocycles. The van der Waals surface area contributed by atoms with Crippen molar-refractivity contribution in [1.29, 1.82) is 0 Å². The van der Waals surface area contributed by atoms with Crippen LogP contribution >= 0.6 is 0 Å². The van der Waals surface area contributed by atoms with E-state index < -0.39 is 0 Å². The van der Waals surface area contributed by atoms with Crippen molar-refractivity contribution in [1.82, 2.24) is 10.6 Å². The molecule has 0 aromatic heterocycles. The van der Waals surface area contributed by atoms with Crippen LogP contribution in [-0.4, -0.2) is 12.1 Å². The predicted octanol–water partition coefficient (Wildman–Crippen LogP) is 10.0. The molecule has 6 rings (SSSR count). The van der Waals surface area contributed by atoms with Gasteiger partial charge in [0.25, 0.3) is 0 Å². The molecule has 6 aromatic rings. The van der Waals surface area contributed by atoms with Crippen molar-refractivity contribution in [2.45, 2.75) is 39.8 Å². The maximum absolute atomic E-state index is 13.5. The van der Waals surface area contributed by atoms with Crippen LogP contribution in [0.5, 0.6) is 0 Å². The van der Waals surface area contributed by atoms with Gasteiger partial charge in [0.1, 0.15) is 0 Å². The third-order valence-corrected chi connectivity index (χ3v) is 8.39. The number of urea groups is 2. The van der Waals surface area contributed by atoms with Crippen LogP contribution in [0.15, 0.2) is 121 Å². The van der Waals surface area contributed by atoms with Crippen LogP contribution in [0, 0.1) is 13.8 Å². The van der Waals surface area contributed by atoms with Crippen molar-refractivity contribution in [3.8, 4) is 11.1 Å². The fraction of sp³-hybridized carbons (Fsp3) is 0.150. The topological polar surface area (TPSA) is 82.3 Å². The molecule has 0 saturated carbocycles. The fourth-order valence-corrected chi connectivity index (χ4v) is 6.01. The molecule has 0 unspecified atom stereocenters. The summed E-state index contributed by atoms with van der Waals surface area (Å²) in [5.74, 6) is 0. The highest BCUT2D eigenvalue weighted by Gasteiger charge is 2.21. The molecular weight excluding hydrogens is 568 g/mol. The minimum Gasteiger partial charge on any atom is -0.331 e. The van der Waals surface area contributed by atoms with Gasteiger partial charge in [-0.1, -0.05) is 120 Å². The Morgan fingerprint density at radius 1 is 0.500 bits per heavy atom. The molecular formula is C40H38N4O2. The number of hydrogen-bond acceptors (Lipinski definition) is 2. The van der Waals surface area contributed by atoms with E-state index in [4.69, 9.17) is 0 Å². The van der Waals surface area contributed by atoms with Crippen molar-refractivity contribution >= 4 is 45.0 Å². The van der Waals surface area contributed by atoms with Crippen LogP contribution in [-0.2, 0) is 0 Å². The van der Waals surface area contributed by atoms with Crippen LogP contribution < -0.4 is 21.3 Å². The molecule has 0 aliphatic rings. The monoisotopic (exact) mass is 606 g/mol. The third-order valence-electron chi connectivity index (χ3n) is 8.39. The van der Waals surface area contributed by atoms with Gasteiger partial charge in [-0.2, -0.15) is 0 Å². The average Bonchev–Trinajstić information content (AvgIpc) is 3.05. The highest BCUT2D eigenvalue weighted by molar-refractivity contribution is 6.16. The molecule has 6 heteroatoms. The average molecular weight is 607 g/mol. The van der Waals surface area contributed by atoms with Crippen LogP contribution in [0.25, 0.3) is 32.7 Å². The number of aryl methyl sites for hydroxylation is 2. The van der Waals surface area contributed by atoms with Gasteiger partial charge in [0.15, 0.2) is 0 Å². The largest absolute Gasteiger partial charge is 0.331 e. The second-order valence-corrected chi connectivity index (χ2v) is 11.9. The van der Waals surface area contributed by atoms with Gasteiger partial charge in [0.05, 0.1) is 23.5 Å². The smallest absolute Gasteiger partial charge is 0.319 e. The van der Waals surface area contributed by atoms with Crippen molar-refractivity contribution in [2.75, 3.05) is 10.6 Å². The van der Waals surface area contributed by atoms with E-state index in [1.165, 1.54) is 0 Å². The summed E-state index contributed by atoms with van der Waals surface area (Å²) in [6.07, 6.45) is 0. The Morgan fingerprint density at radius 3 is 1.28 bits per heavy atom. The molecule has 2 atom stereocenters. The number of carbonyl (C=O) groups is 2. The summed E-state index contributed by atoms with van der Waals surface area (Å²) in [5.41, 5.74) is 7.25. The van der Waals surface area contributed by atoms with E-state index in [1.54, 1.807) is 0 Å². The molecule has 0 spiro atoms. The third kappa shape index (κ3) is 6.57. The molecule has 4 N–H and O–H groups in total. The number of hydrogen-bond donors (Lipinski definition) is 4. The molecule has 0 aliphatic heterocycles. The summed E-state index contributed by atoms with van der Waals surface area (Å²) >= 11 is 0. The van der Waals surface area contributed by atoms with Gasteiger partial charge >= 0.3 is 12.1 Å². The minimum absolute atomic E-state index is 0.194. The maximum Gasteiger partial charge on any atom is 0.319 e. The maximum atomic E-state index is 13.5. The highest BCUT2D eigenvalue weighted by Crippen LogP contribution is 2.44. The van der Waals surface area contributed by atoms with Crippen molar-refractivity contribution in [2.24, 2.45) is 0 Å². The molecule has 0 radical (unpaired) electrons. The molecule has 6 nitrogen and oxygen atoms in total. The minimum atomic E-state index is -0.316. The molecule has 0 aliphatic carbocycles. The standard InChI is InChI=1S/C40H38N4O2/c1-25-15-19-33-31(23-25)17-21-35(43-39(45)41-27(3)29-11-7-5-8-12-29)37(33)38-34-20-16-26(2)24-32(34)18-22-36(38)44-40(46)42-28(4)30-13-9-6-10-14-30/h5-24,27-28H,1-4H3,(H2,41,43,45)(H2,42,44,46)/t27-,28-/m1/s1. The summed E-state index contributed by atoms with van der Waals surface area (Å²) < 4.78 is 0. The van der Waals surface area contributed by atoms with E-state index in [0.29, 0.717) is 11.4 Å². The van der Waals surface area contributed by atoms with E-state index in [1.807, 2.05) is 98.8 Å². The molecule has 6 aromatic carbocycles. The van der Waals surface area contributed by atoms with Crippen LogP contribution in [0.3, 0.4) is 0 Å². The Balaban J connectivity index is 1.45. The van der Waals surface area contributed by atoms with E-state index in [9.17, 15) is 9.59 Å². The van der Waals surface area contributed by atoms with Gasteiger partial charge < -0.3 is 21.3 Å². The number of amides is 4. The Labute approximate surface area is 269 Å². The summed E-state index contributed by atoms with van der Waals surface area (Å²) in [4.78, 5) is 27.0. The Hall–Kier alpha value is -5.62. The number of anilines is 2. The Bertz CT molecular complexity index is 1890. The Kier molecular flexibility index (Phi) is 8.70. The highest BCUT2D eigenvalue weighted by atomic mass is 16.2. The van der Waals surface area contributed by atoms with Crippen molar-refractivity contribution < 1.29 is 9.59 Å². The van der Waals surface area contributed by atoms with Crippen LogP contribution in [0.4, 0.5) is 21.0 Å². The van der Waals surface area contributed by atoms with E-state index in [0.717, 1.165) is 54.9 Å². The first-order chi connectivity index (χ1) is 22.3. The first-order valence-corrected chi connectivity index (χ1v) is 15.6. The normalized spacial score (nSPS) is 12.3. The number of carbonyl (C=O) groups excluding carboxylic acids is 2.